The predicted octanol–water partition coefficient (Wildman–Crippen LogP) is 4.15. The molecule has 1 amide bonds. The zero-order valence-corrected chi connectivity index (χ0v) is 14.6. The fourth-order valence-electron chi connectivity index (χ4n) is 3.20. The summed E-state index contributed by atoms with van der Waals surface area (Å²) in [5, 5.41) is 0. The van der Waals surface area contributed by atoms with Gasteiger partial charge in [-0.2, -0.15) is 13.2 Å². The lowest BCUT2D eigenvalue weighted by molar-refractivity contribution is -0.137. The monoisotopic (exact) mass is 362 g/mol. The molecule has 0 N–H and O–H groups in total. The summed E-state index contributed by atoms with van der Waals surface area (Å²) in [5.41, 5.74) is 1.09. The van der Waals surface area contributed by atoms with Crippen LogP contribution in [0.3, 0.4) is 0 Å². The van der Waals surface area contributed by atoms with Crippen LogP contribution in [-0.4, -0.2) is 48.4 Å². The molecule has 0 atom stereocenters. The minimum Gasteiger partial charge on any atom is -0.336 e. The number of piperazine rings is 1. The highest BCUT2D eigenvalue weighted by atomic mass is 19.4. The van der Waals surface area contributed by atoms with Gasteiger partial charge in [0.1, 0.15) is 0 Å². The van der Waals surface area contributed by atoms with Crippen LogP contribution in [0.25, 0.3) is 11.1 Å². The molecule has 1 saturated heterocycles. The number of benzene rings is 2. The predicted molar refractivity (Wildman–Crippen MR) is 94.9 cm³/mol. The Morgan fingerprint density at radius 3 is 2.15 bits per heavy atom. The normalized spacial score (nSPS) is 15.9. The molecule has 0 saturated carbocycles. The van der Waals surface area contributed by atoms with Gasteiger partial charge in [-0.1, -0.05) is 37.3 Å². The number of rotatable bonds is 3. The number of alkyl halides is 3. The van der Waals surface area contributed by atoms with Crippen molar-refractivity contribution in [1.29, 1.82) is 0 Å². The zero-order chi connectivity index (χ0) is 18.7. The molecule has 2 aromatic rings. The second-order valence-electron chi connectivity index (χ2n) is 6.35. The summed E-state index contributed by atoms with van der Waals surface area (Å²) in [7, 11) is 0. The minimum atomic E-state index is -4.37. The molecule has 1 fully saturated rings. The van der Waals surface area contributed by atoms with Gasteiger partial charge in [0.25, 0.3) is 5.91 Å². The van der Waals surface area contributed by atoms with Crippen LogP contribution in [0.5, 0.6) is 0 Å². The summed E-state index contributed by atoms with van der Waals surface area (Å²) in [6.07, 6.45) is -4.37. The number of carbonyl (C=O) groups is 1. The van der Waals surface area contributed by atoms with E-state index in [1.165, 1.54) is 12.1 Å². The largest absolute Gasteiger partial charge is 0.416 e. The van der Waals surface area contributed by atoms with Gasteiger partial charge in [-0.05, 0) is 35.9 Å². The third-order valence-electron chi connectivity index (χ3n) is 4.79. The Hall–Kier alpha value is -2.34. The molecule has 1 heterocycles. The molecule has 0 radical (unpaired) electrons. The third kappa shape index (κ3) is 3.90. The van der Waals surface area contributed by atoms with E-state index in [0.717, 1.165) is 31.8 Å². The number of hydrogen-bond acceptors (Lipinski definition) is 2. The number of carbonyl (C=O) groups excluding carboxylic acids is 1. The second-order valence-corrected chi connectivity index (χ2v) is 6.35. The summed E-state index contributed by atoms with van der Waals surface area (Å²) in [6, 6.07) is 12.0. The Morgan fingerprint density at radius 2 is 1.58 bits per heavy atom. The lowest BCUT2D eigenvalue weighted by Crippen LogP contribution is -2.48. The van der Waals surface area contributed by atoms with Crippen molar-refractivity contribution in [2.24, 2.45) is 0 Å². The van der Waals surface area contributed by atoms with Crippen molar-refractivity contribution < 1.29 is 18.0 Å². The van der Waals surface area contributed by atoms with Crippen LogP contribution in [0.2, 0.25) is 0 Å². The van der Waals surface area contributed by atoms with E-state index >= 15 is 0 Å². The van der Waals surface area contributed by atoms with E-state index in [0.29, 0.717) is 29.8 Å². The van der Waals surface area contributed by atoms with Crippen LogP contribution in [0.1, 0.15) is 22.8 Å². The summed E-state index contributed by atoms with van der Waals surface area (Å²) >= 11 is 0. The van der Waals surface area contributed by atoms with Crippen molar-refractivity contribution in [3.05, 3.63) is 59.7 Å². The van der Waals surface area contributed by atoms with Gasteiger partial charge in [-0.25, -0.2) is 0 Å². The average molecular weight is 362 g/mol. The van der Waals surface area contributed by atoms with Crippen molar-refractivity contribution in [3.63, 3.8) is 0 Å². The van der Waals surface area contributed by atoms with Gasteiger partial charge in [0.2, 0.25) is 0 Å². The molecule has 6 heteroatoms. The van der Waals surface area contributed by atoms with E-state index in [1.807, 2.05) is 4.90 Å². The summed E-state index contributed by atoms with van der Waals surface area (Å²) in [6.45, 7) is 6.05. The molecule has 3 nitrogen and oxygen atoms in total. The Balaban J connectivity index is 1.85. The molecule has 26 heavy (non-hydrogen) atoms. The standard InChI is InChI=1S/C20H21F3N2O/c1-2-24-11-13-25(14-12-24)19(26)18-6-4-3-5-17(18)15-7-9-16(10-8-15)20(21,22)23/h3-10H,2,11-14H2,1H3. The fraction of sp³-hybridized carbons (Fsp3) is 0.350. The van der Waals surface area contributed by atoms with Gasteiger partial charge < -0.3 is 9.80 Å². The SMILES string of the molecule is CCN1CCN(C(=O)c2ccccc2-c2ccc(C(F)(F)F)cc2)CC1. The van der Waals surface area contributed by atoms with Gasteiger partial charge in [0.15, 0.2) is 0 Å². The number of likely N-dealkylation sites (N-methyl/N-ethyl adjacent to an activating group) is 1. The molecule has 1 aliphatic heterocycles. The van der Waals surface area contributed by atoms with E-state index in [-0.39, 0.29) is 5.91 Å². The van der Waals surface area contributed by atoms with Gasteiger partial charge in [0, 0.05) is 31.7 Å². The van der Waals surface area contributed by atoms with Crippen molar-refractivity contribution >= 4 is 5.91 Å². The summed E-state index contributed by atoms with van der Waals surface area (Å²) in [4.78, 5) is 17.0. The molecule has 138 valence electrons. The quantitative estimate of drug-likeness (QED) is 0.819. The van der Waals surface area contributed by atoms with Crippen molar-refractivity contribution in [1.82, 2.24) is 9.80 Å². The number of nitrogens with zero attached hydrogens (tertiary/aromatic N) is 2. The third-order valence-corrected chi connectivity index (χ3v) is 4.79. The molecule has 2 aromatic carbocycles. The molecular formula is C20H21F3N2O. The van der Waals surface area contributed by atoms with Crippen LogP contribution < -0.4 is 0 Å². The second kappa shape index (κ2) is 7.50. The lowest BCUT2D eigenvalue weighted by atomic mass is 9.97. The number of hydrogen-bond donors (Lipinski definition) is 0. The summed E-state index contributed by atoms with van der Waals surface area (Å²) < 4.78 is 38.3. The molecule has 1 aliphatic rings. The van der Waals surface area contributed by atoms with E-state index in [1.54, 1.807) is 24.3 Å². The van der Waals surface area contributed by atoms with E-state index in [2.05, 4.69) is 11.8 Å². The highest BCUT2D eigenvalue weighted by Gasteiger charge is 2.30. The zero-order valence-electron chi connectivity index (χ0n) is 14.6. The van der Waals surface area contributed by atoms with Gasteiger partial charge in [-0.3, -0.25) is 4.79 Å². The molecular weight excluding hydrogens is 341 g/mol. The summed E-state index contributed by atoms with van der Waals surface area (Å²) in [5.74, 6) is -0.0729. The van der Waals surface area contributed by atoms with Crippen molar-refractivity contribution in [3.8, 4) is 11.1 Å². The van der Waals surface area contributed by atoms with Crippen LogP contribution in [0.4, 0.5) is 13.2 Å². The number of amides is 1. The first-order valence-electron chi connectivity index (χ1n) is 8.68. The molecule has 0 aromatic heterocycles. The van der Waals surface area contributed by atoms with Crippen LogP contribution >= 0.6 is 0 Å². The topological polar surface area (TPSA) is 23.6 Å². The van der Waals surface area contributed by atoms with Crippen molar-refractivity contribution in [2.75, 3.05) is 32.7 Å². The van der Waals surface area contributed by atoms with Gasteiger partial charge in [-0.15, -0.1) is 0 Å². The molecule has 0 bridgehead atoms. The van der Waals surface area contributed by atoms with Gasteiger partial charge >= 0.3 is 6.18 Å². The average Bonchev–Trinajstić information content (AvgIpc) is 2.67. The maximum atomic E-state index is 12.9. The van der Waals surface area contributed by atoms with Crippen LogP contribution in [0.15, 0.2) is 48.5 Å². The van der Waals surface area contributed by atoms with E-state index in [9.17, 15) is 18.0 Å². The Bertz CT molecular complexity index is 763. The molecule has 0 unspecified atom stereocenters. The Kier molecular flexibility index (Phi) is 5.32. The Labute approximate surface area is 151 Å². The van der Waals surface area contributed by atoms with E-state index in [4.69, 9.17) is 0 Å². The van der Waals surface area contributed by atoms with Crippen LogP contribution in [-0.2, 0) is 6.18 Å². The maximum Gasteiger partial charge on any atom is 0.416 e. The lowest BCUT2D eigenvalue weighted by Gasteiger charge is -2.34. The molecule has 0 spiro atoms. The maximum absolute atomic E-state index is 12.9. The first kappa shape index (κ1) is 18.5. The highest BCUT2D eigenvalue weighted by molar-refractivity contribution is 6.01. The first-order valence-corrected chi connectivity index (χ1v) is 8.68. The van der Waals surface area contributed by atoms with Crippen molar-refractivity contribution in [2.45, 2.75) is 13.1 Å². The minimum absolute atomic E-state index is 0.0729. The van der Waals surface area contributed by atoms with Crippen LogP contribution in [0, 0.1) is 0 Å². The Morgan fingerprint density at radius 1 is 0.962 bits per heavy atom. The highest BCUT2D eigenvalue weighted by Crippen LogP contribution is 2.32. The van der Waals surface area contributed by atoms with E-state index < -0.39 is 11.7 Å². The first-order chi connectivity index (χ1) is 12.4. The number of halogens is 3. The molecule has 0 aliphatic carbocycles. The fourth-order valence-corrected chi connectivity index (χ4v) is 3.20. The van der Waals surface area contributed by atoms with Gasteiger partial charge in [0.05, 0.1) is 5.56 Å². The molecule has 3 rings (SSSR count). The smallest absolute Gasteiger partial charge is 0.336 e.